The zero-order valence-electron chi connectivity index (χ0n) is 14.2. The first-order chi connectivity index (χ1) is 12.8. The normalized spacial score (nSPS) is 9.96. The summed E-state index contributed by atoms with van der Waals surface area (Å²) in [6, 6.07) is 26.1. The Kier molecular flexibility index (Phi) is 5.64. The minimum Gasteiger partial charge on any atom is -0.492 e. The maximum Gasteiger partial charge on any atom is 0.259 e. The van der Waals surface area contributed by atoms with Crippen LogP contribution in [0.5, 0.6) is 5.75 Å². The van der Waals surface area contributed by atoms with Gasteiger partial charge < -0.3 is 10.1 Å². The fourth-order valence-corrected chi connectivity index (χ4v) is 2.58. The summed E-state index contributed by atoms with van der Waals surface area (Å²) in [5, 5.41) is 11.9. The summed E-state index contributed by atoms with van der Waals surface area (Å²) in [6.07, 6.45) is 0.758. The molecule has 3 rings (SSSR count). The van der Waals surface area contributed by atoms with Crippen molar-refractivity contribution in [1.82, 2.24) is 0 Å². The van der Waals surface area contributed by atoms with Gasteiger partial charge in [-0.3, -0.25) is 4.79 Å². The summed E-state index contributed by atoms with van der Waals surface area (Å²) in [7, 11) is 0. The zero-order chi connectivity index (χ0) is 18.2. The van der Waals surface area contributed by atoms with Crippen molar-refractivity contribution in [2.24, 2.45) is 0 Å². The Labute approximate surface area is 152 Å². The molecule has 1 N–H and O–H groups in total. The molecule has 0 saturated heterocycles. The van der Waals surface area contributed by atoms with Crippen LogP contribution < -0.4 is 10.1 Å². The van der Waals surface area contributed by atoms with Gasteiger partial charge in [0.2, 0.25) is 0 Å². The molecule has 128 valence electrons. The summed E-state index contributed by atoms with van der Waals surface area (Å²) in [5.41, 5.74) is 2.52. The summed E-state index contributed by atoms with van der Waals surface area (Å²) in [4.78, 5) is 12.6. The van der Waals surface area contributed by atoms with Gasteiger partial charge in [0.05, 0.1) is 23.4 Å². The van der Waals surface area contributed by atoms with Crippen molar-refractivity contribution < 1.29 is 9.53 Å². The van der Waals surface area contributed by atoms with Crippen molar-refractivity contribution in [2.45, 2.75) is 6.42 Å². The van der Waals surface area contributed by atoms with Crippen LogP contribution in [0, 0.1) is 11.3 Å². The number of nitriles is 1. The molecule has 26 heavy (non-hydrogen) atoms. The lowest BCUT2D eigenvalue weighted by Gasteiger charge is -2.12. The molecule has 3 aromatic carbocycles. The molecule has 0 bridgehead atoms. The van der Waals surface area contributed by atoms with Crippen LogP contribution in [0.15, 0.2) is 78.9 Å². The van der Waals surface area contributed by atoms with Gasteiger partial charge in [0.1, 0.15) is 11.8 Å². The van der Waals surface area contributed by atoms with Crippen molar-refractivity contribution in [1.29, 1.82) is 5.26 Å². The van der Waals surface area contributed by atoms with Crippen LogP contribution in [0.25, 0.3) is 0 Å². The van der Waals surface area contributed by atoms with Gasteiger partial charge in [-0.25, -0.2) is 0 Å². The third-order valence-corrected chi connectivity index (χ3v) is 3.92. The van der Waals surface area contributed by atoms with Gasteiger partial charge in [-0.15, -0.1) is 0 Å². The van der Waals surface area contributed by atoms with E-state index in [2.05, 4.69) is 11.4 Å². The number of benzene rings is 3. The quantitative estimate of drug-likeness (QED) is 0.721. The van der Waals surface area contributed by atoms with Gasteiger partial charge >= 0.3 is 0 Å². The first-order valence-electron chi connectivity index (χ1n) is 8.34. The molecule has 0 aliphatic rings. The molecule has 0 aliphatic carbocycles. The van der Waals surface area contributed by atoms with E-state index in [1.807, 2.05) is 36.4 Å². The van der Waals surface area contributed by atoms with Gasteiger partial charge in [-0.1, -0.05) is 54.6 Å². The minimum atomic E-state index is -0.303. The van der Waals surface area contributed by atoms with Crippen LogP contribution in [0.3, 0.4) is 0 Å². The van der Waals surface area contributed by atoms with Crippen LogP contribution >= 0.6 is 0 Å². The Hall–Kier alpha value is -3.58. The second-order valence-electron chi connectivity index (χ2n) is 5.69. The van der Waals surface area contributed by atoms with Gasteiger partial charge in [0.25, 0.3) is 5.91 Å². The van der Waals surface area contributed by atoms with Crippen LogP contribution in [-0.2, 0) is 6.42 Å². The van der Waals surface area contributed by atoms with E-state index in [0.717, 1.165) is 6.42 Å². The molecule has 0 atom stereocenters. The number of para-hydroxylation sites is 2. The highest BCUT2D eigenvalue weighted by Gasteiger charge is 2.13. The number of ether oxygens (including phenoxy) is 1. The molecule has 0 radical (unpaired) electrons. The Morgan fingerprint density at radius 2 is 1.62 bits per heavy atom. The molecule has 0 fully saturated rings. The topological polar surface area (TPSA) is 62.1 Å². The molecule has 1 amide bonds. The van der Waals surface area contributed by atoms with E-state index in [1.54, 1.807) is 42.5 Å². The second kappa shape index (κ2) is 8.50. The number of anilines is 1. The summed E-state index contributed by atoms with van der Waals surface area (Å²) in [5.74, 6) is 0.221. The molecule has 0 spiro atoms. The molecule has 0 unspecified atom stereocenters. The van der Waals surface area contributed by atoms with E-state index in [1.165, 1.54) is 5.56 Å². The number of hydrogen-bond donors (Lipinski definition) is 1. The summed E-state index contributed by atoms with van der Waals surface area (Å²) in [6.45, 7) is 0.475. The average Bonchev–Trinajstić information content (AvgIpc) is 2.69. The summed E-state index contributed by atoms with van der Waals surface area (Å²) >= 11 is 0. The Morgan fingerprint density at radius 1 is 0.923 bits per heavy atom. The SMILES string of the molecule is N#Cc1ccccc1NC(=O)c1ccccc1OCCc1ccccc1. The van der Waals surface area contributed by atoms with Gasteiger partial charge in [0, 0.05) is 6.42 Å². The molecule has 4 nitrogen and oxygen atoms in total. The maximum atomic E-state index is 12.6. The summed E-state index contributed by atoms with van der Waals surface area (Å²) < 4.78 is 5.83. The van der Waals surface area contributed by atoms with Crippen molar-refractivity contribution in [3.63, 3.8) is 0 Å². The van der Waals surface area contributed by atoms with E-state index in [9.17, 15) is 4.79 Å². The van der Waals surface area contributed by atoms with Crippen LogP contribution in [0.2, 0.25) is 0 Å². The van der Waals surface area contributed by atoms with Crippen LogP contribution in [0.4, 0.5) is 5.69 Å². The largest absolute Gasteiger partial charge is 0.492 e. The number of rotatable bonds is 6. The lowest BCUT2D eigenvalue weighted by molar-refractivity contribution is 0.102. The maximum absolute atomic E-state index is 12.6. The molecular formula is C22H18N2O2. The Morgan fingerprint density at radius 3 is 2.42 bits per heavy atom. The minimum absolute atomic E-state index is 0.303. The van der Waals surface area contributed by atoms with E-state index < -0.39 is 0 Å². The third-order valence-electron chi connectivity index (χ3n) is 3.92. The third kappa shape index (κ3) is 4.28. The molecule has 4 heteroatoms. The molecule has 0 saturated carbocycles. The Bertz CT molecular complexity index is 930. The standard InChI is InChI=1S/C22H18N2O2/c23-16-18-10-4-6-12-20(18)24-22(25)19-11-5-7-13-21(19)26-15-14-17-8-2-1-3-9-17/h1-13H,14-15H2,(H,24,25). The van der Waals surface area contributed by atoms with Crippen molar-refractivity contribution in [3.8, 4) is 11.8 Å². The number of carbonyl (C=O) groups is 1. The van der Waals surface area contributed by atoms with Crippen LogP contribution in [-0.4, -0.2) is 12.5 Å². The second-order valence-corrected chi connectivity index (χ2v) is 5.69. The number of carbonyl (C=O) groups excluding carboxylic acids is 1. The first-order valence-corrected chi connectivity index (χ1v) is 8.34. The number of hydrogen-bond acceptors (Lipinski definition) is 3. The fourth-order valence-electron chi connectivity index (χ4n) is 2.58. The van der Waals surface area contributed by atoms with E-state index >= 15 is 0 Å². The molecule has 3 aromatic rings. The van der Waals surface area contributed by atoms with Crippen LogP contribution in [0.1, 0.15) is 21.5 Å². The molecule has 0 aromatic heterocycles. The van der Waals surface area contributed by atoms with Gasteiger partial charge in [0.15, 0.2) is 0 Å². The monoisotopic (exact) mass is 342 g/mol. The van der Waals surface area contributed by atoms with E-state index in [0.29, 0.717) is 29.2 Å². The predicted octanol–water partition coefficient (Wildman–Crippen LogP) is 4.43. The number of nitrogens with zero attached hydrogens (tertiary/aromatic N) is 1. The highest BCUT2D eigenvalue weighted by Crippen LogP contribution is 2.21. The molecule has 0 heterocycles. The van der Waals surface area contributed by atoms with E-state index in [4.69, 9.17) is 10.00 Å². The highest BCUT2D eigenvalue weighted by atomic mass is 16.5. The van der Waals surface area contributed by atoms with Gasteiger partial charge in [-0.05, 0) is 29.8 Å². The van der Waals surface area contributed by atoms with Gasteiger partial charge in [-0.2, -0.15) is 5.26 Å². The lowest BCUT2D eigenvalue weighted by Crippen LogP contribution is -2.15. The van der Waals surface area contributed by atoms with Crippen molar-refractivity contribution in [3.05, 3.63) is 95.6 Å². The average molecular weight is 342 g/mol. The molecule has 0 aliphatic heterocycles. The highest BCUT2D eigenvalue weighted by molar-refractivity contribution is 6.06. The smallest absolute Gasteiger partial charge is 0.259 e. The molecular weight excluding hydrogens is 324 g/mol. The van der Waals surface area contributed by atoms with Crippen molar-refractivity contribution >= 4 is 11.6 Å². The fraction of sp³-hybridized carbons (Fsp3) is 0.0909. The van der Waals surface area contributed by atoms with Crippen molar-refractivity contribution in [2.75, 3.05) is 11.9 Å². The first kappa shape index (κ1) is 17.2. The zero-order valence-corrected chi connectivity index (χ0v) is 14.2. The Balaban J connectivity index is 1.70. The lowest BCUT2D eigenvalue weighted by atomic mass is 10.1. The van der Waals surface area contributed by atoms with E-state index in [-0.39, 0.29) is 5.91 Å². The predicted molar refractivity (Wildman–Crippen MR) is 101 cm³/mol. The number of nitrogens with one attached hydrogen (secondary N) is 1. The number of amides is 1.